The number of carboxylic acids is 1. The first kappa shape index (κ1) is 17.3. The second-order valence-corrected chi connectivity index (χ2v) is 6.07. The third-order valence-corrected chi connectivity index (χ3v) is 4.39. The Morgan fingerprint density at radius 2 is 2.00 bits per heavy atom. The molecule has 1 saturated heterocycles. The Morgan fingerprint density at radius 1 is 1.26 bits per heavy atom. The molecule has 1 amide bonds. The minimum atomic E-state index is -0.790. The number of aryl methyl sites for hydroxylation is 1. The molecule has 1 fully saturated rings. The van der Waals surface area contributed by atoms with Gasteiger partial charge in [-0.15, -0.1) is 0 Å². The molecule has 2 rings (SSSR count). The van der Waals surface area contributed by atoms with E-state index in [9.17, 15) is 9.59 Å². The Kier molecular flexibility index (Phi) is 6.44. The molecule has 1 aromatic carbocycles. The van der Waals surface area contributed by atoms with Crippen molar-refractivity contribution in [1.29, 1.82) is 0 Å². The number of carbonyl (C=O) groups excluding carboxylic acids is 1. The first-order valence-corrected chi connectivity index (χ1v) is 8.23. The molecule has 1 N–H and O–H groups in total. The topological polar surface area (TPSA) is 66.8 Å². The highest BCUT2D eigenvalue weighted by molar-refractivity contribution is 5.78. The van der Waals surface area contributed by atoms with E-state index in [1.165, 1.54) is 5.56 Å². The lowest BCUT2D eigenvalue weighted by molar-refractivity contribution is -0.145. The maximum Gasteiger partial charge on any atom is 0.308 e. The number of piperidine rings is 1. The van der Waals surface area contributed by atoms with E-state index in [0.717, 1.165) is 31.4 Å². The van der Waals surface area contributed by atoms with Gasteiger partial charge in [-0.1, -0.05) is 12.1 Å². The molecule has 0 aromatic heterocycles. The second kappa shape index (κ2) is 8.56. The van der Waals surface area contributed by atoms with Crippen LogP contribution in [-0.2, 0) is 16.0 Å². The molecule has 0 saturated carbocycles. The number of ether oxygens (including phenoxy) is 1. The van der Waals surface area contributed by atoms with Gasteiger partial charge in [0.15, 0.2) is 0 Å². The molecule has 0 unspecified atom stereocenters. The quantitative estimate of drug-likeness (QED) is 0.785. The summed E-state index contributed by atoms with van der Waals surface area (Å²) in [4.78, 5) is 24.9. The van der Waals surface area contributed by atoms with E-state index in [4.69, 9.17) is 9.84 Å². The van der Waals surface area contributed by atoms with Crippen molar-refractivity contribution < 1.29 is 19.4 Å². The lowest BCUT2D eigenvalue weighted by atomic mass is 9.98. The molecule has 1 aromatic rings. The fourth-order valence-electron chi connectivity index (χ4n) is 2.96. The van der Waals surface area contributed by atoms with Crippen molar-refractivity contribution >= 4 is 11.9 Å². The van der Waals surface area contributed by atoms with Gasteiger partial charge in [0, 0.05) is 19.5 Å². The summed E-state index contributed by atoms with van der Waals surface area (Å²) in [5.41, 5.74) is 1.24. The van der Waals surface area contributed by atoms with Crippen molar-refractivity contribution in [1.82, 2.24) is 4.90 Å². The summed E-state index contributed by atoms with van der Waals surface area (Å²) < 4.78 is 5.13. The Balaban J connectivity index is 1.68. The Bertz CT molecular complexity index is 526. The summed E-state index contributed by atoms with van der Waals surface area (Å²) in [6.07, 6.45) is 4.69. The van der Waals surface area contributed by atoms with Crippen molar-refractivity contribution in [2.45, 2.75) is 38.5 Å². The highest BCUT2D eigenvalue weighted by Gasteiger charge is 2.27. The molecule has 1 atom stereocenters. The number of benzene rings is 1. The summed E-state index contributed by atoms with van der Waals surface area (Å²) in [5, 5.41) is 9.07. The monoisotopic (exact) mass is 319 g/mol. The van der Waals surface area contributed by atoms with Gasteiger partial charge in [-0.25, -0.2) is 0 Å². The average molecular weight is 319 g/mol. The maximum absolute atomic E-state index is 12.2. The number of aliphatic carboxylic acids is 1. The first-order chi connectivity index (χ1) is 11.1. The van der Waals surface area contributed by atoms with Gasteiger partial charge in [0.1, 0.15) is 5.75 Å². The molecule has 5 heteroatoms. The number of methoxy groups -OCH3 is 1. The number of rotatable bonds is 7. The predicted octanol–water partition coefficient (Wildman–Crippen LogP) is 2.73. The van der Waals surface area contributed by atoms with Crippen molar-refractivity contribution in [3.63, 3.8) is 0 Å². The van der Waals surface area contributed by atoms with Gasteiger partial charge in [0.25, 0.3) is 0 Å². The number of unbranched alkanes of at least 4 members (excludes halogenated alkanes) is 1. The fraction of sp³-hybridized carbons (Fsp3) is 0.556. The Labute approximate surface area is 137 Å². The largest absolute Gasteiger partial charge is 0.497 e. The van der Waals surface area contributed by atoms with Crippen LogP contribution in [0.5, 0.6) is 5.75 Å². The predicted molar refractivity (Wildman–Crippen MR) is 87.5 cm³/mol. The number of nitrogens with zero attached hydrogens (tertiary/aromatic N) is 1. The molecular formula is C18H25NO4. The third kappa shape index (κ3) is 5.27. The van der Waals surface area contributed by atoms with Gasteiger partial charge < -0.3 is 14.7 Å². The van der Waals surface area contributed by atoms with Crippen molar-refractivity contribution in [2.75, 3.05) is 20.2 Å². The molecule has 0 radical (unpaired) electrons. The molecule has 1 aliphatic heterocycles. The van der Waals surface area contributed by atoms with Gasteiger partial charge in [0.2, 0.25) is 5.91 Å². The smallest absolute Gasteiger partial charge is 0.308 e. The lowest BCUT2D eigenvalue weighted by Gasteiger charge is -2.30. The van der Waals surface area contributed by atoms with E-state index >= 15 is 0 Å². The molecular weight excluding hydrogens is 294 g/mol. The molecule has 23 heavy (non-hydrogen) atoms. The summed E-state index contributed by atoms with van der Waals surface area (Å²) in [5.74, 6) is -0.248. The normalized spacial score (nSPS) is 17.8. The Hall–Kier alpha value is -2.04. The highest BCUT2D eigenvalue weighted by atomic mass is 16.5. The van der Waals surface area contributed by atoms with Gasteiger partial charge in [0.05, 0.1) is 13.0 Å². The highest BCUT2D eigenvalue weighted by Crippen LogP contribution is 2.18. The molecule has 126 valence electrons. The van der Waals surface area contributed by atoms with Crippen molar-refractivity contribution in [3.8, 4) is 5.75 Å². The fourth-order valence-corrected chi connectivity index (χ4v) is 2.96. The van der Waals surface area contributed by atoms with E-state index in [0.29, 0.717) is 25.9 Å². The van der Waals surface area contributed by atoms with Crippen LogP contribution in [0, 0.1) is 5.92 Å². The van der Waals surface area contributed by atoms with Gasteiger partial charge in [-0.3, -0.25) is 9.59 Å². The zero-order valence-electron chi connectivity index (χ0n) is 13.7. The molecule has 0 bridgehead atoms. The van der Waals surface area contributed by atoms with Crippen LogP contribution < -0.4 is 4.74 Å². The standard InChI is InChI=1S/C18H25NO4/c1-23-16-10-8-14(9-11-16)5-2-3-7-17(20)19-12-4-6-15(13-19)18(21)22/h8-11,15H,2-7,12-13H2,1H3,(H,21,22)/t15-/m0/s1. The summed E-state index contributed by atoms with van der Waals surface area (Å²) >= 11 is 0. The lowest BCUT2D eigenvalue weighted by Crippen LogP contribution is -2.42. The molecule has 1 heterocycles. The number of amides is 1. The molecule has 0 aliphatic carbocycles. The molecule has 1 aliphatic rings. The van der Waals surface area contributed by atoms with Crippen molar-refractivity contribution in [2.24, 2.45) is 5.92 Å². The number of carboxylic acid groups (broad SMARTS) is 1. The number of likely N-dealkylation sites (tertiary alicyclic amines) is 1. The summed E-state index contributed by atoms with van der Waals surface area (Å²) in [6.45, 7) is 1.06. The zero-order chi connectivity index (χ0) is 16.7. The zero-order valence-corrected chi connectivity index (χ0v) is 13.7. The first-order valence-electron chi connectivity index (χ1n) is 8.23. The van der Waals surface area contributed by atoms with Crippen LogP contribution in [0.4, 0.5) is 0 Å². The van der Waals surface area contributed by atoms with Gasteiger partial charge >= 0.3 is 5.97 Å². The van der Waals surface area contributed by atoms with E-state index in [2.05, 4.69) is 0 Å². The molecule has 0 spiro atoms. The van der Waals surface area contributed by atoms with Gasteiger partial charge in [-0.2, -0.15) is 0 Å². The SMILES string of the molecule is COc1ccc(CCCCC(=O)N2CCC[C@H](C(=O)O)C2)cc1. The van der Waals surface area contributed by atoms with Crippen LogP contribution in [0.25, 0.3) is 0 Å². The van der Waals surface area contributed by atoms with Crippen LogP contribution in [0.15, 0.2) is 24.3 Å². The van der Waals surface area contributed by atoms with E-state index in [-0.39, 0.29) is 5.91 Å². The van der Waals surface area contributed by atoms with Crippen LogP contribution in [0.3, 0.4) is 0 Å². The number of hydrogen-bond acceptors (Lipinski definition) is 3. The minimum Gasteiger partial charge on any atom is -0.497 e. The van der Waals surface area contributed by atoms with Crippen LogP contribution in [-0.4, -0.2) is 42.1 Å². The van der Waals surface area contributed by atoms with E-state index in [1.807, 2.05) is 24.3 Å². The summed E-state index contributed by atoms with van der Waals surface area (Å²) in [7, 11) is 1.65. The third-order valence-electron chi connectivity index (χ3n) is 4.39. The minimum absolute atomic E-state index is 0.0886. The average Bonchev–Trinajstić information content (AvgIpc) is 2.59. The van der Waals surface area contributed by atoms with Crippen LogP contribution in [0.1, 0.15) is 37.7 Å². The van der Waals surface area contributed by atoms with Crippen LogP contribution >= 0.6 is 0 Å². The second-order valence-electron chi connectivity index (χ2n) is 6.07. The van der Waals surface area contributed by atoms with Crippen molar-refractivity contribution in [3.05, 3.63) is 29.8 Å². The Morgan fingerprint density at radius 3 is 2.65 bits per heavy atom. The van der Waals surface area contributed by atoms with Gasteiger partial charge in [-0.05, 0) is 49.8 Å². The van der Waals surface area contributed by atoms with E-state index < -0.39 is 11.9 Å². The van der Waals surface area contributed by atoms with Crippen LogP contribution in [0.2, 0.25) is 0 Å². The molecule has 5 nitrogen and oxygen atoms in total. The maximum atomic E-state index is 12.2. The summed E-state index contributed by atoms with van der Waals surface area (Å²) in [6, 6.07) is 7.98. The number of carbonyl (C=O) groups is 2. The number of hydrogen-bond donors (Lipinski definition) is 1. The van der Waals surface area contributed by atoms with E-state index in [1.54, 1.807) is 12.0 Å².